The molecule has 0 aliphatic heterocycles. The molecule has 0 aliphatic carbocycles. The minimum Gasteiger partial charge on any atom is -0.387 e. The Hall–Kier alpha value is -3.50. The first-order chi connectivity index (χ1) is 23.2. The summed E-state index contributed by atoms with van der Waals surface area (Å²) in [5.74, 6) is 0. The van der Waals surface area contributed by atoms with E-state index in [1.54, 1.807) is 0 Å². The van der Waals surface area contributed by atoms with Crippen LogP contribution in [0.15, 0.2) is 133 Å². The van der Waals surface area contributed by atoms with E-state index in [9.17, 15) is 5.11 Å². The lowest BCUT2D eigenvalue weighted by molar-refractivity contribution is 0.0500. The Balaban J connectivity index is 1.46. The molecule has 4 aromatic rings. The molecule has 250 valence electrons. The van der Waals surface area contributed by atoms with Crippen LogP contribution in [-0.2, 0) is 16.9 Å². The van der Waals surface area contributed by atoms with Gasteiger partial charge >= 0.3 is 0 Å². The molecule has 0 aromatic heterocycles. The summed E-state index contributed by atoms with van der Waals surface area (Å²) in [7, 11) is 0. The molecule has 0 radical (unpaired) electrons. The molecule has 0 saturated carbocycles. The summed E-state index contributed by atoms with van der Waals surface area (Å²) in [4.78, 5) is 0. The summed E-state index contributed by atoms with van der Waals surface area (Å²) in [6, 6.07) is 41.6. The zero-order valence-corrected chi connectivity index (χ0v) is 28.6. The minimum absolute atomic E-state index is 0.354. The van der Waals surface area contributed by atoms with Crippen LogP contribution in [0.1, 0.15) is 106 Å². The topological polar surface area (TPSA) is 41.5 Å². The second-order valence-electron chi connectivity index (χ2n) is 12.8. The van der Waals surface area contributed by atoms with Crippen LogP contribution in [0.2, 0.25) is 0 Å². The van der Waals surface area contributed by atoms with Crippen molar-refractivity contribution < 1.29 is 9.84 Å². The Morgan fingerprint density at radius 3 is 1.49 bits per heavy atom. The van der Waals surface area contributed by atoms with Crippen LogP contribution >= 0.6 is 0 Å². The Morgan fingerprint density at radius 2 is 1.02 bits per heavy atom. The quantitative estimate of drug-likeness (QED) is 0.0486. The molecule has 3 heteroatoms. The molecule has 2 atom stereocenters. The molecule has 0 heterocycles. The first-order valence-corrected chi connectivity index (χ1v) is 18.1. The van der Waals surface area contributed by atoms with Crippen molar-refractivity contribution in [3.8, 4) is 0 Å². The fraction of sp³-hybridized carbons (Fsp3) is 0.409. The van der Waals surface area contributed by atoms with Crippen LogP contribution in [0.3, 0.4) is 0 Å². The van der Waals surface area contributed by atoms with Crippen molar-refractivity contribution in [1.82, 2.24) is 5.32 Å². The molecule has 0 fully saturated rings. The van der Waals surface area contributed by atoms with Crippen LogP contribution in [-0.4, -0.2) is 23.9 Å². The van der Waals surface area contributed by atoms with E-state index < -0.39 is 11.6 Å². The largest absolute Gasteiger partial charge is 0.387 e. The monoisotopic (exact) mass is 631 g/mol. The minimum atomic E-state index is -0.728. The SMILES string of the molecule is CCCCCCCCCCCCC/C=C/[C@H](O)[C@H](COCc1ccccc1)NC(c1ccccc1)(c1ccccc1)c1ccccc1. The first kappa shape index (κ1) is 36.3. The first-order valence-electron chi connectivity index (χ1n) is 18.1. The maximum absolute atomic E-state index is 11.8. The number of ether oxygens (including phenoxy) is 1. The number of hydrogen-bond acceptors (Lipinski definition) is 3. The molecule has 0 amide bonds. The zero-order valence-electron chi connectivity index (χ0n) is 28.6. The number of aliphatic hydroxyl groups excluding tert-OH is 1. The Morgan fingerprint density at radius 1 is 0.596 bits per heavy atom. The number of nitrogens with one attached hydrogen (secondary N) is 1. The molecule has 0 unspecified atom stereocenters. The standard InChI is InChI=1S/C44H57NO2/c1-2-3-4-5-6-7-8-9-10-11-12-13-26-35-43(46)42(37-47-36-38-27-18-14-19-28-38)45-44(39-29-20-15-21-30-39,40-31-22-16-23-32-40)41-33-24-17-25-34-41/h14-35,42-43,45-46H,2-13,36-37H2,1H3/b35-26+/t42-,43-/m0/s1. The van der Waals surface area contributed by atoms with Gasteiger partial charge in [-0.1, -0.05) is 205 Å². The third-order valence-electron chi connectivity index (χ3n) is 9.15. The predicted octanol–water partition coefficient (Wildman–Crippen LogP) is 10.8. The Labute approximate surface area is 285 Å². The summed E-state index contributed by atoms with van der Waals surface area (Å²) < 4.78 is 6.32. The summed E-state index contributed by atoms with van der Waals surface area (Å²) in [5.41, 5.74) is 3.76. The normalized spacial score (nSPS) is 13.1. The second-order valence-corrected chi connectivity index (χ2v) is 12.8. The highest BCUT2D eigenvalue weighted by Crippen LogP contribution is 2.37. The van der Waals surface area contributed by atoms with E-state index in [2.05, 4.69) is 121 Å². The van der Waals surface area contributed by atoms with Gasteiger partial charge in [0.25, 0.3) is 0 Å². The number of aliphatic hydroxyl groups is 1. The fourth-order valence-corrected chi connectivity index (χ4v) is 6.49. The van der Waals surface area contributed by atoms with E-state index in [4.69, 9.17) is 4.74 Å². The van der Waals surface area contributed by atoms with E-state index in [1.165, 1.54) is 64.2 Å². The van der Waals surface area contributed by atoms with Gasteiger partial charge in [-0.3, -0.25) is 5.32 Å². The number of unbranched alkanes of at least 4 members (excludes halogenated alkanes) is 11. The molecular formula is C44H57NO2. The summed E-state index contributed by atoms with van der Waals surface area (Å²) in [6.45, 7) is 3.12. The number of rotatable bonds is 23. The van der Waals surface area contributed by atoms with E-state index in [0.29, 0.717) is 13.2 Å². The highest BCUT2D eigenvalue weighted by atomic mass is 16.5. The van der Waals surface area contributed by atoms with Gasteiger partial charge in [0, 0.05) is 0 Å². The molecule has 2 N–H and O–H groups in total. The maximum atomic E-state index is 11.8. The average Bonchev–Trinajstić information content (AvgIpc) is 3.13. The van der Waals surface area contributed by atoms with Crippen molar-refractivity contribution in [2.75, 3.05) is 6.61 Å². The highest BCUT2D eigenvalue weighted by Gasteiger charge is 2.39. The van der Waals surface area contributed by atoms with Crippen LogP contribution in [0.4, 0.5) is 0 Å². The Bertz CT molecular complexity index is 1260. The third-order valence-corrected chi connectivity index (χ3v) is 9.15. The molecular weight excluding hydrogens is 574 g/mol. The molecule has 47 heavy (non-hydrogen) atoms. The maximum Gasteiger partial charge on any atom is 0.0951 e. The average molecular weight is 632 g/mol. The molecule has 0 aliphatic rings. The Kier molecular flexibility index (Phi) is 16.5. The number of hydrogen-bond donors (Lipinski definition) is 2. The summed E-state index contributed by atoms with van der Waals surface area (Å²) >= 11 is 0. The van der Waals surface area contributed by atoms with Crippen molar-refractivity contribution in [3.63, 3.8) is 0 Å². The van der Waals surface area contributed by atoms with Crippen molar-refractivity contribution >= 4 is 0 Å². The van der Waals surface area contributed by atoms with Crippen molar-refractivity contribution in [3.05, 3.63) is 156 Å². The van der Waals surface area contributed by atoms with Gasteiger partial charge < -0.3 is 9.84 Å². The molecule has 0 spiro atoms. The van der Waals surface area contributed by atoms with Crippen molar-refractivity contribution in [2.45, 2.75) is 108 Å². The summed E-state index contributed by atoms with van der Waals surface area (Å²) in [5, 5.41) is 15.7. The lowest BCUT2D eigenvalue weighted by atomic mass is 9.76. The van der Waals surface area contributed by atoms with Gasteiger partial charge in [0.15, 0.2) is 0 Å². The lowest BCUT2D eigenvalue weighted by Gasteiger charge is -2.41. The van der Waals surface area contributed by atoms with Gasteiger partial charge in [-0.05, 0) is 35.1 Å². The summed E-state index contributed by atoms with van der Waals surface area (Å²) in [6.07, 6.45) is 19.1. The molecule has 4 aromatic carbocycles. The van der Waals surface area contributed by atoms with Gasteiger partial charge in [-0.25, -0.2) is 0 Å². The van der Waals surface area contributed by atoms with Gasteiger partial charge in [0.05, 0.1) is 30.9 Å². The predicted molar refractivity (Wildman–Crippen MR) is 198 cm³/mol. The van der Waals surface area contributed by atoms with Crippen molar-refractivity contribution in [1.29, 1.82) is 0 Å². The third kappa shape index (κ3) is 11.9. The smallest absolute Gasteiger partial charge is 0.0951 e. The second kappa shape index (κ2) is 21.4. The van der Waals surface area contributed by atoms with Crippen molar-refractivity contribution in [2.24, 2.45) is 0 Å². The van der Waals surface area contributed by atoms with E-state index in [0.717, 1.165) is 35.1 Å². The van der Waals surface area contributed by atoms with E-state index in [1.807, 2.05) is 24.3 Å². The highest BCUT2D eigenvalue weighted by molar-refractivity contribution is 5.49. The van der Waals surface area contributed by atoms with E-state index in [-0.39, 0.29) is 6.04 Å². The van der Waals surface area contributed by atoms with Crippen LogP contribution in [0.5, 0.6) is 0 Å². The van der Waals surface area contributed by atoms with E-state index >= 15 is 0 Å². The molecule has 0 saturated heterocycles. The lowest BCUT2D eigenvalue weighted by Crippen LogP contribution is -2.55. The fourth-order valence-electron chi connectivity index (χ4n) is 6.49. The molecule has 3 nitrogen and oxygen atoms in total. The van der Waals surface area contributed by atoms with Crippen LogP contribution in [0.25, 0.3) is 0 Å². The van der Waals surface area contributed by atoms with Gasteiger partial charge in [0.1, 0.15) is 0 Å². The van der Waals surface area contributed by atoms with Gasteiger partial charge in [-0.15, -0.1) is 0 Å². The molecule has 0 bridgehead atoms. The number of allylic oxidation sites excluding steroid dienone is 1. The zero-order chi connectivity index (χ0) is 32.8. The van der Waals surface area contributed by atoms with Gasteiger partial charge in [0.2, 0.25) is 0 Å². The van der Waals surface area contributed by atoms with Gasteiger partial charge in [-0.2, -0.15) is 0 Å². The molecule has 4 rings (SSSR count). The number of benzene rings is 4. The van der Waals surface area contributed by atoms with Crippen LogP contribution < -0.4 is 5.32 Å². The van der Waals surface area contributed by atoms with Crippen LogP contribution in [0, 0.1) is 0 Å².